The molecule has 1 aliphatic rings. The number of nitrogens with two attached hydrogens (primary N) is 1. The number of halogens is 1. The Bertz CT molecular complexity index is 692. The molecule has 2 aromatic rings. The molecule has 5 nitrogen and oxygen atoms in total. The highest BCUT2D eigenvalue weighted by Gasteiger charge is 2.28. The summed E-state index contributed by atoms with van der Waals surface area (Å²) in [5.74, 6) is 0.866. The highest BCUT2D eigenvalue weighted by atomic mass is 79.9. The van der Waals surface area contributed by atoms with Crippen molar-refractivity contribution in [2.45, 2.75) is 32.9 Å². The smallest absolute Gasteiger partial charge is 0.217 e. The molecule has 3 rings (SSSR count). The zero-order valence-corrected chi connectivity index (χ0v) is 12.4. The molecule has 1 atom stereocenters. The molecule has 19 heavy (non-hydrogen) atoms. The Morgan fingerprint density at radius 1 is 1.63 bits per heavy atom. The van der Waals surface area contributed by atoms with Gasteiger partial charge in [-0.25, -0.2) is 4.98 Å². The number of imidazole rings is 1. The molecule has 6 heteroatoms. The lowest BCUT2D eigenvalue weighted by Crippen LogP contribution is -2.24. The van der Waals surface area contributed by atoms with E-state index in [4.69, 9.17) is 5.73 Å². The molecule has 1 aromatic heterocycles. The molecule has 2 heterocycles. The maximum absolute atomic E-state index is 11.2. The van der Waals surface area contributed by atoms with E-state index in [1.54, 1.807) is 0 Å². The second-order valence-electron chi connectivity index (χ2n) is 4.95. The van der Waals surface area contributed by atoms with Crippen LogP contribution in [-0.4, -0.2) is 15.5 Å². The third-order valence-electron chi connectivity index (χ3n) is 3.56. The Morgan fingerprint density at radius 2 is 2.37 bits per heavy atom. The molecule has 100 valence electrons. The van der Waals surface area contributed by atoms with Crippen molar-refractivity contribution in [2.75, 3.05) is 5.73 Å². The second-order valence-corrected chi connectivity index (χ2v) is 5.75. The first-order valence-electron chi connectivity index (χ1n) is 6.21. The molecule has 0 aliphatic carbocycles. The minimum Gasteiger partial charge on any atom is -0.396 e. The Balaban J connectivity index is 2.19. The fourth-order valence-corrected chi connectivity index (χ4v) is 2.99. The molecule has 3 N–H and O–H groups in total. The summed E-state index contributed by atoms with van der Waals surface area (Å²) in [6, 6.07) is 2.07. The van der Waals surface area contributed by atoms with Crippen LogP contribution in [-0.2, 0) is 11.3 Å². The maximum atomic E-state index is 11.2. The van der Waals surface area contributed by atoms with Gasteiger partial charge in [0.1, 0.15) is 11.3 Å². The third-order valence-corrected chi connectivity index (χ3v) is 4.61. The van der Waals surface area contributed by atoms with E-state index in [2.05, 4.69) is 36.9 Å². The van der Waals surface area contributed by atoms with Crippen molar-refractivity contribution in [2.24, 2.45) is 0 Å². The minimum atomic E-state index is -0.0316. The Labute approximate surface area is 119 Å². The summed E-state index contributed by atoms with van der Waals surface area (Å²) < 4.78 is 3.04. The summed E-state index contributed by atoms with van der Waals surface area (Å²) >= 11 is 3.49. The number of aryl methyl sites for hydroxylation is 2. The van der Waals surface area contributed by atoms with Gasteiger partial charge in [-0.2, -0.15) is 0 Å². The summed E-state index contributed by atoms with van der Waals surface area (Å²) in [6.45, 7) is 4.40. The number of nitrogens with zero attached hydrogens (tertiary/aromatic N) is 2. The van der Waals surface area contributed by atoms with Crippen molar-refractivity contribution in [3.8, 4) is 0 Å². The van der Waals surface area contributed by atoms with Crippen LogP contribution in [0.4, 0.5) is 5.69 Å². The highest BCUT2D eigenvalue weighted by Crippen LogP contribution is 2.36. The van der Waals surface area contributed by atoms with Gasteiger partial charge in [-0.3, -0.25) is 4.79 Å². The normalized spacial score (nSPS) is 17.7. The van der Waals surface area contributed by atoms with E-state index < -0.39 is 0 Å². The minimum absolute atomic E-state index is 0.0108. The van der Waals surface area contributed by atoms with E-state index in [1.807, 2.05) is 6.92 Å². The van der Waals surface area contributed by atoms with Crippen LogP contribution in [0.15, 0.2) is 10.5 Å². The number of nitrogen functional groups attached to an aromatic ring is 1. The number of anilines is 1. The van der Waals surface area contributed by atoms with Crippen molar-refractivity contribution < 1.29 is 4.79 Å². The standard InChI is InChI=1S/C13H15BrN4O/c1-6-5-9-12(11(15)10(6)14)17-13-8(16-7(2)19)3-4-18(9)13/h5,8H,3-4,15H2,1-2H3,(H,16,19). The van der Waals surface area contributed by atoms with Crippen LogP contribution in [0.5, 0.6) is 0 Å². The molecule has 0 fully saturated rings. The fraction of sp³-hybridized carbons (Fsp3) is 0.385. The Morgan fingerprint density at radius 3 is 3.05 bits per heavy atom. The first kappa shape index (κ1) is 12.5. The number of benzene rings is 1. The lowest BCUT2D eigenvalue weighted by molar-refractivity contribution is -0.119. The van der Waals surface area contributed by atoms with Crippen molar-refractivity contribution >= 4 is 38.6 Å². The van der Waals surface area contributed by atoms with Crippen LogP contribution in [0.3, 0.4) is 0 Å². The van der Waals surface area contributed by atoms with Crippen molar-refractivity contribution in [1.29, 1.82) is 0 Å². The topological polar surface area (TPSA) is 72.9 Å². The first-order valence-corrected chi connectivity index (χ1v) is 7.00. The monoisotopic (exact) mass is 322 g/mol. The number of amides is 1. The predicted molar refractivity (Wildman–Crippen MR) is 77.8 cm³/mol. The van der Waals surface area contributed by atoms with Crippen LogP contribution in [0.2, 0.25) is 0 Å². The molecule has 0 radical (unpaired) electrons. The molecule has 1 aliphatic heterocycles. The van der Waals surface area contributed by atoms with Gasteiger partial charge in [0.05, 0.1) is 17.2 Å². The summed E-state index contributed by atoms with van der Waals surface area (Å²) in [6.07, 6.45) is 0.882. The quantitative estimate of drug-likeness (QED) is 0.791. The van der Waals surface area contributed by atoms with Crippen LogP contribution in [0.25, 0.3) is 11.0 Å². The molecule has 0 saturated heterocycles. The Kier molecular flexibility index (Phi) is 2.78. The third kappa shape index (κ3) is 1.82. The van der Waals surface area contributed by atoms with Gasteiger partial charge in [0.25, 0.3) is 0 Å². The van der Waals surface area contributed by atoms with Gasteiger partial charge in [0.15, 0.2) is 0 Å². The largest absolute Gasteiger partial charge is 0.396 e. The summed E-state index contributed by atoms with van der Waals surface area (Å²) in [4.78, 5) is 15.8. The van der Waals surface area contributed by atoms with Crippen LogP contribution in [0, 0.1) is 6.92 Å². The molecule has 0 spiro atoms. The maximum Gasteiger partial charge on any atom is 0.217 e. The zero-order valence-electron chi connectivity index (χ0n) is 10.8. The molecular formula is C13H15BrN4O. The van der Waals surface area contributed by atoms with Crippen LogP contribution in [0.1, 0.15) is 30.8 Å². The van der Waals surface area contributed by atoms with Gasteiger partial charge in [-0.15, -0.1) is 0 Å². The SMILES string of the molecule is CC(=O)NC1CCn2c1nc1c(N)c(Br)c(C)cc12. The van der Waals surface area contributed by atoms with E-state index in [1.165, 1.54) is 6.92 Å². The van der Waals surface area contributed by atoms with Gasteiger partial charge >= 0.3 is 0 Å². The first-order chi connectivity index (χ1) is 8.99. The van der Waals surface area contributed by atoms with Gasteiger partial charge in [0, 0.05) is 17.9 Å². The number of hydrogen-bond acceptors (Lipinski definition) is 3. The van der Waals surface area contributed by atoms with E-state index >= 15 is 0 Å². The average Bonchev–Trinajstić information content (AvgIpc) is 2.87. The number of hydrogen-bond donors (Lipinski definition) is 2. The molecule has 0 saturated carbocycles. The van der Waals surface area contributed by atoms with Gasteiger partial charge in [-0.1, -0.05) is 0 Å². The summed E-state index contributed by atoms with van der Waals surface area (Å²) in [7, 11) is 0. The lowest BCUT2D eigenvalue weighted by Gasteiger charge is -2.08. The van der Waals surface area contributed by atoms with E-state index in [0.29, 0.717) is 5.69 Å². The van der Waals surface area contributed by atoms with E-state index in [-0.39, 0.29) is 11.9 Å². The van der Waals surface area contributed by atoms with Crippen LogP contribution < -0.4 is 11.1 Å². The number of rotatable bonds is 1. The van der Waals surface area contributed by atoms with Crippen LogP contribution >= 0.6 is 15.9 Å². The summed E-state index contributed by atoms with van der Waals surface area (Å²) in [5, 5.41) is 2.93. The number of fused-ring (bicyclic) bond motifs is 3. The fourth-order valence-electron chi connectivity index (χ4n) is 2.68. The molecule has 1 unspecified atom stereocenters. The number of nitrogens with one attached hydrogen (secondary N) is 1. The number of carbonyl (C=O) groups is 1. The Hall–Kier alpha value is -1.56. The van der Waals surface area contributed by atoms with Gasteiger partial charge < -0.3 is 15.6 Å². The van der Waals surface area contributed by atoms with Gasteiger partial charge in [-0.05, 0) is 40.9 Å². The number of carbonyl (C=O) groups excluding carboxylic acids is 1. The predicted octanol–water partition coefficient (Wildman–Crippen LogP) is 2.27. The molecule has 0 bridgehead atoms. The highest BCUT2D eigenvalue weighted by molar-refractivity contribution is 9.10. The van der Waals surface area contributed by atoms with Crippen molar-refractivity contribution in [3.63, 3.8) is 0 Å². The van der Waals surface area contributed by atoms with Gasteiger partial charge in [0.2, 0.25) is 5.91 Å². The molecule has 1 amide bonds. The molecular weight excluding hydrogens is 308 g/mol. The number of aromatic nitrogens is 2. The van der Waals surface area contributed by atoms with Crippen molar-refractivity contribution in [1.82, 2.24) is 14.9 Å². The summed E-state index contributed by atoms with van der Waals surface area (Å²) in [5.41, 5.74) is 9.73. The second kappa shape index (κ2) is 4.23. The average molecular weight is 323 g/mol. The van der Waals surface area contributed by atoms with E-state index in [9.17, 15) is 4.79 Å². The molecule has 1 aromatic carbocycles. The zero-order chi connectivity index (χ0) is 13.7. The van der Waals surface area contributed by atoms with Crippen molar-refractivity contribution in [3.05, 3.63) is 21.9 Å². The van der Waals surface area contributed by atoms with E-state index in [0.717, 1.165) is 39.9 Å². The lowest BCUT2D eigenvalue weighted by atomic mass is 10.2.